The molecule has 1 N–H and O–H groups in total. The highest BCUT2D eigenvalue weighted by molar-refractivity contribution is 6.30. The molecule has 20 heavy (non-hydrogen) atoms. The van der Waals surface area contributed by atoms with Crippen molar-refractivity contribution >= 4 is 11.6 Å². The molecule has 112 valence electrons. The van der Waals surface area contributed by atoms with Gasteiger partial charge in [-0.2, -0.15) is 0 Å². The van der Waals surface area contributed by atoms with Gasteiger partial charge in [-0.25, -0.2) is 4.39 Å². The molecule has 2 rings (SSSR count). The first-order chi connectivity index (χ1) is 9.60. The second kappa shape index (κ2) is 7.42. The lowest BCUT2D eigenvalue weighted by Crippen LogP contribution is -2.35. The van der Waals surface area contributed by atoms with E-state index in [9.17, 15) is 4.39 Å². The van der Waals surface area contributed by atoms with Crippen LogP contribution in [-0.2, 0) is 0 Å². The van der Waals surface area contributed by atoms with Gasteiger partial charge in [0.15, 0.2) is 0 Å². The van der Waals surface area contributed by atoms with Gasteiger partial charge in [0.25, 0.3) is 0 Å². The lowest BCUT2D eigenvalue weighted by atomic mass is 9.83. The molecule has 0 bridgehead atoms. The molecule has 0 aliphatic heterocycles. The van der Waals surface area contributed by atoms with Crippen molar-refractivity contribution in [1.82, 2.24) is 5.32 Å². The molecule has 1 nitrogen and oxygen atoms in total. The lowest BCUT2D eigenvalue weighted by molar-refractivity contribution is 0.266. The lowest BCUT2D eigenvalue weighted by Gasteiger charge is -2.31. The third kappa shape index (κ3) is 4.20. The van der Waals surface area contributed by atoms with Crippen LogP contribution in [0.25, 0.3) is 0 Å². The molecular weight excluding hydrogens is 273 g/mol. The molecule has 3 heteroatoms. The number of hydrogen-bond acceptors (Lipinski definition) is 1. The summed E-state index contributed by atoms with van der Waals surface area (Å²) in [5.74, 6) is 0.589. The predicted molar refractivity (Wildman–Crippen MR) is 83.6 cm³/mol. The largest absolute Gasteiger partial charge is 0.307 e. The molecule has 1 unspecified atom stereocenters. The average Bonchev–Trinajstić information content (AvgIpc) is 2.44. The van der Waals surface area contributed by atoms with Crippen LogP contribution < -0.4 is 5.32 Å². The van der Waals surface area contributed by atoms with Gasteiger partial charge in [-0.15, -0.1) is 0 Å². The molecule has 0 spiro atoms. The van der Waals surface area contributed by atoms with Crippen LogP contribution in [0.2, 0.25) is 5.02 Å². The second-order valence-corrected chi connectivity index (χ2v) is 6.48. The van der Waals surface area contributed by atoms with E-state index in [0.29, 0.717) is 6.04 Å². The minimum absolute atomic E-state index is 0.175. The van der Waals surface area contributed by atoms with E-state index in [4.69, 9.17) is 11.6 Å². The standard InChI is InChI=1S/C17H25ClFN/c1-3-4-13-5-8-15(9-6-13)20-12(2)14-7-10-16(18)17(19)11-14/h7,10-13,15,20H,3-6,8-9H2,1-2H3. The van der Waals surface area contributed by atoms with Gasteiger partial charge in [0, 0.05) is 12.1 Å². The Kier molecular flexibility index (Phi) is 5.86. The van der Waals surface area contributed by atoms with Gasteiger partial charge in [-0.3, -0.25) is 0 Å². The number of nitrogens with one attached hydrogen (secondary N) is 1. The van der Waals surface area contributed by atoms with Crippen molar-refractivity contribution in [3.05, 3.63) is 34.6 Å². The average molecular weight is 298 g/mol. The van der Waals surface area contributed by atoms with Crippen LogP contribution in [-0.4, -0.2) is 6.04 Å². The summed E-state index contributed by atoms with van der Waals surface area (Å²) in [6.45, 7) is 4.36. The molecule has 0 aromatic heterocycles. The summed E-state index contributed by atoms with van der Waals surface area (Å²) in [6, 6.07) is 5.84. The summed E-state index contributed by atoms with van der Waals surface area (Å²) in [4.78, 5) is 0. The van der Waals surface area contributed by atoms with E-state index >= 15 is 0 Å². The molecule has 1 saturated carbocycles. The van der Waals surface area contributed by atoms with E-state index in [1.165, 1.54) is 38.5 Å². The van der Waals surface area contributed by atoms with Gasteiger partial charge in [-0.1, -0.05) is 37.4 Å². The smallest absolute Gasteiger partial charge is 0.142 e. The number of halogens is 2. The van der Waals surface area contributed by atoms with Gasteiger partial charge < -0.3 is 5.32 Å². The van der Waals surface area contributed by atoms with Crippen molar-refractivity contribution in [1.29, 1.82) is 0 Å². The zero-order valence-corrected chi connectivity index (χ0v) is 13.2. The zero-order chi connectivity index (χ0) is 14.5. The predicted octanol–water partition coefficient (Wildman–Crippen LogP) is 5.49. The third-order valence-corrected chi connectivity index (χ3v) is 4.78. The Bertz CT molecular complexity index is 427. The Balaban J connectivity index is 1.85. The Morgan fingerprint density at radius 2 is 2.00 bits per heavy atom. The van der Waals surface area contributed by atoms with E-state index < -0.39 is 0 Å². The molecule has 1 aliphatic rings. The van der Waals surface area contributed by atoms with Crippen molar-refractivity contribution in [3.63, 3.8) is 0 Å². The monoisotopic (exact) mass is 297 g/mol. The normalized spacial score (nSPS) is 24.6. The molecule has 1 atom stereocenters. The van der Waals surface area contributed by atoms with E-state index in [-0.39, 0.29) is 16.9 Å². The molecule has 1 aliphatic carbocycles. The molecule has 0 amide bonds. The van der Waals surface area contributed by atoms with Gasteiger partial charge in [-0.05, 0) is 56.2 Å². The fraction of sp³-hybridized carbons (Fsp3) is 0.647. The fourth-order valence-electron chi connectivity index (χ4n) is 3.26. The summed E-state index contributed by atoms with van der Waals surface area (Å²) in [6.07, 6.45) is 7.80. The molecule has 1 aromatic carbocycles. The summed E-state index contributed by atoms with van der Waals surface area (Å²) < 4.78 is 13.5. The highest BCUT2D eigenvalue weighted by Gasteiger charge is 2.22. The van der Waals surface area contributed by atoms with E-state index in [2.05, 4.69) is 19.2 Å². The SMILES string of the molecule is CCCC1CCC(NC(C)c2ccc(Cl)c(F)c2)CC1. The Morgan fingerprint density at radius 3 is 2.60 bits per heavy atom. The molecule has 1 fully saturated rings. The maximum Gasteiger partial charge on any atom is 0.142 e. The van der Waals surface area contributed by atoms with Crippen LogP contribution in [0.4, 0.5) is 4.39 Å². The molecule has 0 radical (unpaired) electrons. The highest BCUT2D eigenvalue weighted by Crippen LogP contribution is 2.29. The quantitative estimate of drug-likeness (QED) is 0.758. The van der Waals surface area contributed by atoms with Gasteiger partial charge in [0.1, 0.15) is 5.82 Å². The summed E-state index contributed by atoms with van der Waals surface area (Å²) in [7, 11) is 0. The van der Waals surface area contributed by atoms with Crippen LogP contribution in [0.5, 0.6) is 0 Å². The van der Waals surface area contributed by atoms with E-state index in [1.807, 2.05) is 6.07 Å². The van der Waals surface area contributed by atoms with Crippen LogP contribution in [0.3, 0.4) is 0 Å². The Morgan fingerprint density at radius 1 is 1.30 bits per heavy atom. The Hall–Kier alpha value is -0.600. The molecule has 0 heterocycles. The zero-order valence-electron chi connectivity index (χ0n) is 12.5. The van der Waals surface area contributed by atoms with Crippen LogP contribution in [0.15, 0.2) is 18.2 Å². The first-order valence-corrected chi connectivity index (χ1v) is 8.19. The fourth-order valence-corrected chi connectivity index (χ4v) is 3.38. The summed E-state index contributed by atoms with van der Waals surface area (Å²) in [5, 5.41) is 3.83. The number of benzene rings is 1. The minimum Gasteiger partial charge on any atom is -0.307 e. The van der Waals surface area contributed by atoms with Gasteiger partial charge in [0.05, 0.1) is 5.02 Å². The highest BCUT2D eigenvalue weighted by atomic mass is 35.5. The summed E-state index contributed by atoms with van der Waals surface area (Å²) >= 11 is 5.73. The third-order valence-electron chi connectivity index (χ3n) is 4.47. The van der Waals surface area contributed by atoms with Crippen molar-refractivity contribution in [2.75, 3.05) is 0 Å². The topological polar surface area (TPSA) is 12.0 Å². The van der Waals surface area contributed by atoms with E-state index in [1.54, 1.807) is 12.1 Å². The Labute approximate surface area is 126 Å². The van der Waals surface area contributed by atoms with Crippen LogP contribution in [0, 0.1) is 11.7 Å². The van der Waals surface area contributed by atoms with E-state index in [0.717, 1.165) is 11.5 Å². The molecule has 1 aromatic rings. The maximum atomic E-state index is 13.5. The van der Waals surface area contributed by atoms with Crippen LogP contribution in [0.1, 0.15) is 64.0 Å². The van der Waals surface area contributed by atoms with Crippen molar-refractivity contribution < 1.29 is 4.39 Å². The van der Waals surface area contributed by atoms with Crippen LogP contribution >= 0.6 is 11.6 Å². The number of rotatable bonds is 5. The summed E-state index contributed by atoms with van der Waals surface area (Å²) in [5.41, 5.74) is 0.975. The van der Waals surface area contributed by atoms with Crippen molar-refractivity contribution in [3.8, 4) is 0 Å². The number of hydrogen-bond donors (Lipinski definition) is 1. The van der Waals surface area contributed by atoms with Crippen molar-refractivity contribution in [2.45, 2.75) is 64.5 Å². The molecule has 0 saturated heterocycles. The first kappa shape index (κ1) is 15.8. The van der Waals surface area contributed by atoms with Gasteiger partial charge >= 0.3 is 0 Å². The first-order valence-electron chi connectivity index (χ1n) is 7.81. The molecular formula is C17H25ClFN. The second-order valence-electron chi connectivity index (χ2n) is 6.07. The minimum atomic E-state index is -0.329. The maximum absolute atomic E-state index is 13.5. The van der Waals surface area contributed by atoms with Gasteiger partial charge in [0.2, 0.25) is 0 Å². The van der Waals surface area contributed by atoms with Crippen molar-refractivity contribution in [2.24, 2.45) is 5.92 Å².